The maximum Gasteiger partial charge on any atom is 0.747 e. The zero-order valence-electron chi connectivity index (χ0n) is 8.52. The smallest absolute Gasteiger partial charge is 0.229 e. The first-order valence-corrected chi connectivity index (χ1v) is 5.58. The van der Waals surface area contributed by atoms with E-state index >= 15 is 0 Å². The number of rotatable bonds is 3. The highest BCUT2D eigenvalue weighted by Crippen LogP contribution is 2.29. The average molecular weight is 213 g/mol. The molecule has 0 radical (unpaired) electrons. The van der Waals surface area contributed by atoms with E-state index in [2.05, 4.69) is 13.8 Å². The van der Waals surface area contributed by atoms with Crippen molar-refractivity contribution in [1.82, 2.24) is 0 Å². The van der Waals surface area contributed by atoms with Crippen molar-refractivity contribution < 1.29 is 14.0 Å². The molecule has 0 amide bonds. The van der Waals surface area contributed by atoms with Crippen molar-refractivity contribution >= 4 is 8.25 Å². The molecule has 14 heavy (non-hydrogen) atoms. The van der Waals surface area contributed by atoms with Crippen LogP contribution in [0.3, 0.4) is 0 Å². The lowest BCUT2D eigenvalue weighted by Gasteiger charge is -2.06. The van der Waals surface area contributed by atoms with Crippen LogP contribution in [0.4, 0.5) is 0 Å². The predicted octanol–water partition coefficient (Wildman–Crippen LogP) is 3.15. The Morgan fingerprint density at radius 1 is 1.43 bits per heavy atom. The average Bonchev–Trinajstić information content (AvgIpc) is 2.07. The Hall–Kier alpha value is -0.920. The summed E-state index contributed by atoms with van der Waals surface area (Å²) in [6, 6.07) is 5.70. The van der Waals surface area contributed by atoms with Gasteiger partial charge in [-0.15, -0.1) is 4.89 Å². The Balaban J connectivity index is 3.02. The molecule has 4 heteroatoms. The maximum absolute atomic E-state index is 10.5. The van der Waals surface area contributed by atoms with Gasteiger partial charge < -0.3 is 0 Å². The first-order chi connectivity index (χ1) is 6.50. The maximum atomic E-state index is 10.5. The van der Waals surface area contributed by atoms with E-state index in [1.807, 2.05) is 25.1 Å². The standard InChI is InChI=1S/C10H13O3P/c1-7(2)9-5-4-8(3)10(6-9)13-14(11)12/h4-7H,1-3H3/p+1. The molecule has 0 aliphatic heterocycles. The fraction of sp³-hybridized carbons (Fsp3) is 0.400. The van der Waals surface area contributed by atoms with Crippen LogP contribution in [-0.2, 0) is 4.57 Å². The summed E-state index contributed by atoms with van der Waals surface area (Å²) in [7, 11) is -2.57. The molecular formula is C10H14O3P+. The molecular weight excluding hydrogens is 199 g/mol. The molecule has 76 valence electrons. The van der Waals surface area contributed by atoms with Gasteiger partial charge in [-0.25, -0.2) is 4.52 Å². The molecule has 0 aliphatic carbocycles. The predicted molar refractivity (Wildman–Crippen MR) is 55.7 cm³/mol. The first kappa shape index (κ1) is 11.2. The van der Waals surface area contributed by atoms with Crippen molar-refractivity contribution in [3.05, 3.63) is 29.3 Å². The van der Waals surface area contributed by atoms with Crippen LogP contribution in [0.2, 0.25) is 0 Å². The van der Waals surface area contributed by atoms with Gasteiger partial charge in [0.15, 0.2) is 5.75 Å². The molecule has 1 unspecified atom stereocenters. The normalized spacial score (nSPS) is 11.6. The minimum absolute atomic E-state index is 0.384. The molecule has 0 aromatic heterocycles. The topological polar surface area (TPSA) is 46.5 Å². The van der Waals surface area contributed by atoms with Crippen LogP contribution < -0.4 is 4.52 Å². The van der Waals surface area contributed by atoms with Crippen LogP contribution in [0.25, 0.3) is 0 Å². The van der Waals surface area contributed by atoms with E-state index in [-0.39, 0.29) is 0 Å². The Bertz CT molecular complexity index is 347. The third kappa shape index (κ3) is 2.79. The second-order valence-corrected chi connectivity index (χ2v) is 4.17. The van der Waals surface area contributed by atoms with Gasteiger partial charge in [0.1, 0.15) is 0 Å². The zero-order chi connectivity index (χ0) is 10.7. The molecule has 1 rings (SSSR count). The summed E-state index contributed by atoms with van der Waals surface area (Å²) in [5.41, 5.74) is 1.97. The van der Waals surface area contributed by atoms with Crippen LogP contribution in [0.1, 0.15) is 30.9 Å². The lowest BCUT2D eigenvalue weighted by Crippen LogP contribution is -1.91. The van der Waals surface area contributed by atoms with E-state index in [1.54, 1.807) is 0 Å². The van der Waals surface area contributed by atoms with Crippen LogP contribution >= 0.6 is 8.25 Å². The van der Waals surface area contributed by atoms with Crippen molar-refractivity contribution in [2.75, 3.05) is 0 Å². The van der Waals surface area contributed by atoms with E-state index in [0.29, 0.717) is 11.7 Å². The molecule has 0 saturated carbocycles. The molecule has 0 bridgehead atoms. The summed E-state index contributed by atoms with van der Waals surface area (Å²) in [6.07, 6.45) is 0. The number of hydrogen-bond acceptors (Lipinski definition) is 2. The van der Waals surface area contributed by atoms with Crippen molar-refractivity contribution in [2.45, 2.75) is 26.7 Å². The summed E-state index contributed by atoms with van der Waals surface area (Å²) in [6.45, 7) is 5.97. The van der Waals surface area contributed by atoms with Gasteiger partial charge in [0.05, 0.1) is 0 Å². The van der Waals surface area contributed by atoms with Gasteiger partial charge in [-0.3, -0.25) is 0 Å². The third-order valence-corrected chi connectivity index (χ3v) is 2.41. The first-order valence-electron chi connectivity index (χ1n) is 4.45. The van der Waals surface area contributed by atoms with E-state index in [9.17, 15) is 4.57 Å². The molecule has 0 aliphatic rings. The Morgan fingerprint density at radius 2 is 2.07 bits per heavy atom. The van der Waals surface area contributed by atoms with Gasteiger partial charge in [0.2, 0.25) is 0 Å². The minimum atomic E-state index is -2.57. The summed E-state index contributed by atoms with van der Waals surface area (Å²) in [5.74, 6) is 0.870. The van der Waals surface area contributed by atoms with Crippen molar-refractivity contribution in [1.29, 1.82) is 0 Å². The van der Waals surface area contributed by atoms with Crippen molar-refractivity contribution in [2.24, 2.45) is 0 Å². The summed E-state index contributed by atoms with van der Waals surface area (Å²) in [5, 5.41) is 0. The fourth-order valence-corrected chi connectivity index (χ4v) is 1.52. The molecule has 1 atom stereocenters. The van der Waals surface area contributed by atoms with Gasteiger partial charge in [0.25, 0.3) is 0 Å². The summed E-state index contributed by atoms with van der Waals surface area (Å²) < 4.78 is 15.3. The highest BCUT2D eigenvalue weighted by molar-refractivity contribution is 7.32. The molecule has 1 aromatic rings. The fourth-order valence-electron chi connectivity index (χ4n) is 1.16. The highest BCUT2D eigenvalue weighted by Gasteiger charge is 2.17. The molecule has 0 fully saturated rings. The molecule has 0 saturated heterocycles. The molecule has 1 aromatic carbocycles. The Kier molecular flexibility index (Phi) is 3.62. The largest absolute Gasteiger partial charge is 0.747 e. The van der Waals surface area contributed by atoms with Crippen LogP contribution in [-0.4, -0.2) is 4.89 Å². The number of benzene rings is 1. The van der Waals surface area contributed by atoms with Crippen LogP contribution in [0.15, 0.2) is 18.2 Å². The van der Waals surface area contributed by atoms with Gasteiger partial charge in [-0.05, 0) is 30.0 Å². The zero-order valence-corrected chi connectivity index (χ0v) is 9.41. The van der Waals surface area contributed by atoms with E-state index in [1.165, 1.54) is 0 Å². The van der Waals surface area contributed by atoms with Gasteiger partial charge in [0, 0.05) is 4.57 Å². The Morgan fingerprint density at radius 3 is 2.57 bits per heavy atom. The van der Waals surface area contributed by atoms with Gasteiger partial charge >= 0.3 is 8.25 Å². The van der Waals surface area contributed by atoms with E-state index in [0.717, 1.165) is 11.1 Å². The lowest BCUT2D eigenvalue weighted by atomic mass is 10.0. The number of hydrogen-bond donors (Lipinski definition) is 1. The molecule has 1 N–H and O–H groups in total. The summed E-state index contributed by atoms with van der Waals surface area (Å²) in [4.78, 5) is 8.65. The highest BCUT2D eigenvalue weighted by atomic mass is 31.1. The van der Waals surface area contributed by atoms with Crippen molar-refractivity contribution in [3.8, 4) is 5.75 Å². The van der Waals surface area contributed by atoms with Crippen LogP contribution in [0, 0.1) is 6.92 Å². The Labute approximate surface area is 84.7 Å². The lowest BCUT2D eigenvalue weighted by molar-refractivity contribution is 0.409. The number of aryl methyl sites for hydroxylation is 1. The quantitative estimate of drug-likeness (QED) is 0.784. The third-order valence-electron chi connectivity index (χ3n) is 2.06. The molecule has 0 heterocycles. The second-order valence-electron chi connectivity index (χ2n) is 3.51. The van der Waals surface area contributed by atoms with Gasteiger partial charge in [-0.1, -0.05) is 26.0 Å². The van der Waals surface area contributed by atoms with E-state index in [4.69, 9.17) is 9.42 Å². The van der Waals surface area contributed by atoms with Gasteiger partial charge in [-0.2, -0.15) is 0 Å². The summed E-state index contributed by atoms with van der Waals surface area (Å²) >= 11 is 0. The SMILES string of the molecule is Cc1ccc(C(C)C)cc1O[P+](=O)O. The van der Waals surface area contributed by atoms with E-state index < -0.39 is 8.25 Å². The second kappa shape index (κ2) is 4.54. The molecule has 0 spiro atoms. The minimum Gasteiger partial charge on any atom is -0.229 e. The van der Waals surface area contributed by atoms with Crippen molar-refractivity contribution in [3.63, 3.8) is 0 Å². The van der Waals surface area contributed by atoms with Crippen LogP contribution in [0.5, 0.6) is 5.75 Å². The monoisotopic (exact) mass is 213 g/mol. The molecule has 3 nitrogen and oxygen atoms in total.